The molecule has 2 saturated carbocycles. The fraction of sp³-hybridized carbons (Fsp3) is 0.846. The zero-order valence-electron chi connectivity index (χ0n) is 10.5. The quantitative estimate of drug-likeness (QED) is 0.409. The highest BCUT2D eigenvalue weighted by molar-refractivity contribution is 7.99. The van der Waals surface area contributed by atoms with Crippen LogP contribution in [0.15, 0.2) is 17.2 Å². The van der Waals surface area contributed by atoms with Gasteiger partial charge >= 0.3 is 0 Å². The van der Waals surface area contributed by atoms with Crippen LogP contribution in [-0.4, -0.2) is 4.75 Å². The van der Waals surface area contributed by atoms with E-state index >= 15 is 0 Å². The third kappa shape index (κ3) is 1.21. The van der Waals surface area contributed by atoms with E-state index in [0.29, 0.717) is 0 Å². The molecule has 2 aliphatic carbocycles. The molecule has 3 heteroatoms. The molecular formula is C13H21NOS. The molecule has 0 aromatic carbocycles. The van der Waals surface area contributed by atoms with E-state index in [1.54, 1.807) is 0 Å². The van der Waals surface area contributed by atoms with Crippen LogP contribution in [0.5, 0.6) is 0 Å². The molecule has 2 nitrogen and oxygen atoms in total. The molecule has 3 atom stereocenters. The molecule has 2 fully saturated rings. The average molecular weight is 239 g/mol. The Hall–Kier alpha value is -0.310. The highest BCUT2D eigenvalue weighted by Gasteiger charge is 2.69. The summed E-state index contributed by atoms with van der Waals surface area (Å²) in [5.74, 6) is 0.742. The summed E-state index contributed by atoms with van der Waals surface area (Å²) >= 11 is 1.28. The molecule has 2 aliphatic rings. The van der Waals surface area contributed by atoms with Gasteiger partial charge in [0.05, 0.1) is 4.75 Å². The molecule has 0 radical (unpaired) electrons. The van der Waals surface area contributed by atoms with Crippen LogP contribution in [0.3, 0.4) is 0 Å². The lowest BCUT2D eigenvalue weighted by atomic mass is 9.62. The average Bonchev–Trinajstić information content (AvgIpc) is 2.66. The summed E-state index contributed by atoms with van der Waals surface area (Å²) < 4.78 is 3.15. The monoisotopic (exact) mass is 239 g/mol. The maximum atomic E-state index is 10.8. The molecule has 0 N–H and O–H groups in total. The van der Waals surface area contributed by atoms with E-state index in [-0.39, 0.29) is 15.6 Å². The topological polar surface area (TPSA) is 29.4 Å². The van der Waals surface area contributed by atoms with Crippen molar-refractivity contribution in [3.8, 4) is 0 Å². The second-order valence-electron chi connectivity index (χ2n) is 6.21. The lowest BCUT2D eigenvalue weighted by Gasteiger charge is -2.51. The third-order valence-electron chi connectivity index (χ3n) is 5.40. The van der Waals surface area contributed by atoms with Crippen LogP contribution < -0.4 is 0 Å². The Kier molecular flexibility index (Phi) is 2.73. The summed E-state index contributed by atoms with van der Waals surface area (Å²) in [4.78, 5) is 10.8. The second-order valence-corrected chi connectivity index (χ2v) is 7.24. The van der Waals surface area contributed by atoms with E-state index in [0.717, 1.165) is 12.3 Å². The van der Waals surface area contributed by atoms with Gasteiger partial charge in [-0.1, -0.05) is 26.8 Å². The number of nitrogens with zero attached hydrogens (tertiary/aromatic N) is 1. The smallest absolute Gasteiger partial charge is 0.0553 e. The van der Waals surface area contributed by atoms with Crippen molar-refractivity contribution in [1.29, 1.82) is 0 Å². The van der Waals surface area contributed by atoms with Crippen LogP contribution in [0.1, 0.15) is 46.5 Å². The Labute approximate surface area is 102 Å². The van der Waals surface area contributed by atoms with Gasteiger partial charge in [-0.05, 0) is 42.4 Å². The molecule has 0 heterocycles. The first-order valence-corrected chi connectivity index (χ1v) is 6.82. The molecule has 0 spiro atoms. The molecule has 90 valence electrons. The van der Waals surface area contributed by atoms with Gasteiger partial charge in [0.25, 0.3) is 0 Å². The van der Waals surface area contributed by atoms with Gasteiger partial charge in [-0.3, -0.25) is 0 Å². The lowest BCUT2D eigenvalue weighted by molar-refractivity contribution is 0.110. The minimum absolute atomic E-state index is 0.0353. The summed E-state index contributed by atoms with van der Waals surface area (Å²) in [6.07, 6.45) is 6.64. The molecule has 2 rings (SSSR count). The van der Waals surface area contributed by atoms with E-state index in [1.807, 2.05) is 6.08 Å². The third-order valence-corrected chi connectivity index (χ3v) is 6.97. The van der Waals surface area contributed by atoms with Gasteiger partial charge in [0.15, 0.2) is 0 Å². The fourth-order valence-electron chi connectivity index (χ4n) is 4.37. The summed E-state index contributed by atoms with van der Waals surface area (Å²) in [5, 5.41) is 0. The highest BCUT2D eigenvalue weighted by Crippen LogP contribution is 2.73. The van der Waals surface area contributed by atoms with Gasteiger partial charge in [0.1, 0.15) is 0 Å². The SMILES string of the molecule is C=CCC1(SN=O)C2(C)CCC(C2)C1(C)C. The van der Waals surface area contributed by atoms with Crippen LogP contribution in [0.4, 0.5) is 0 Å². The van der Waals surface area contributed by atoms with Crippen LogP contribution in [0.2, 0.25) is 0 Å². The van der Waals surface area contributed by atoms with Gasteiger partial charge in [-0.15, -0.1) is 11.5 Å². The van der Waals surface area contributed by atoms with Crippen molar-refractivity contribution in [3.05, 3.63) is 17.6 Å². The molecule has 2 bridgehead atoms. The number of fused-ring (bicyclic) bond motifs is 2. The minimum atomic E-state index is -0.0353. The van der Waals surface area contributed by atoms with Crippen LogP contribution in [0, 0.1) is 21.7 Å². The minimum Gasteiger partial charge on any atom is -0.137 e. The summed E-state index contributed by atoms with van der Waals surface area (Å²) in [6, 6.07) is 0. The number of allylic oxidation sites excluding steroid dienone is 1. The van der Waals surface area contributed by atoms with Crippen molar-refractivity contribution in [3.63, 3.8) is 0 Å². The number of hydrogen-bond acceptors (Lipinski definition) is 3. The zero-order valence-corrected chi connectivity index (χ0v) is 11.3. The van der Waals surface area contributed by atoms with Crippen molar-refractivity contribution in [2.45, 2.75) is 51.2 Å². The number of rotatable bonds is 4. The molecule has 0 saturated heterocycles. The van der Waals surface area contributed by atoms with E-state index < -0.39 is 0 Å². The maximum Gasteiger partial charge on any atom is 0.0553 e. The number of hydrogen-bond donors (Lipinski definition) is 0. The zero-order chi connectivity index (χ0) is 12.0. The maximum absolute atomic E-state index is 10.8. The fourth-order valence-corrected chi connectivity index (χ4v) is 5.50. The summed E-state index contributed by atoms with van der Waals surface area (Å²) in [7, 11) is 0. The van der Waals surface area contributed by atoms with Crippen LogP contribution >= 0.6 is 11.9 Å². The van der Waals surface area contributed by atoms with Crippen molar-refractivity contribution in [1.82, 2.24) is 0 Å². The van der Waals surface area contributed by atoms with Crippen LogP contribution in [-0.2, 0) is 0 Å². The van der Waals surface area contributed by atoms with Gasteiger partial charge in [0.2, 0.25) is 0 Å². The Morgan fingerprint density at radius 1 is 1.50 bits per heavy atom. The highest BCUT2D eigenvalue weighted by atomic mass is 32.2. The Morgan fingerprint density at radius 2 is 2.19 bits per heavy atom. The van der Waals surface area contributed by atoms with E-state index in [9.17, 15) is 4.91 Å². The molecule has 0 aliphatic heterocycles. The van der Waals surface area contributed by atoms with E-state index in [4.69, 9.17) is 0 Å². The Balaban J connectivity index is 2.48. The Morgan fingerprint density at radius 3 is 2.62 bits per heavy atom. The second kappa shape index (κ2) is 3.59. The predicted octanol–water partition coefficient (Wildman–Crippen LogP) is 4.56. The van der Waals surface area contributed by atoms with E-state index in [1.165, 1.54) is 31.2 Å². The molecule has 3 unspecified atom stereocenters. The first kappa shape index (κ1) is 12.2. The summed E-state index contributed by atoms with van der Waals surface area (Å²) in [5.41, 5.74) is 0.445. The van der Waals surface area contributed by atoms with Crippen molar-refractivity contribution >= 4 is 11.9 Å². The number of nitroso groups, excluding NO2 is 1. The van der Waals surface area contributed by atoms with Crippen molar-refractivity contribution < 1.29 is 0 Å². The molecule has 0 amide bonds. The lowest BCUT2D eigenvalue weighted by Crippen LogP contribution is -2.50. The van der Waals surface area contributed by atoms with Gasteiger partial charge < -0.3 is 0 Å². The van der Waals surface area contributed by atoms with Crippen molar-refractivity contribution in [2.24, 2.45) is 21.3 Å². The van der Waals surface area contributed by atoms with E-state index in [2.05, 4.69) is 31.9 Å². The van der Waals surface area contributed by atoms with Gasteiger partial charge in [0, 0.05) is 16.5 Å². The molecule has 16 heavy (non-hydrogen) atoms. The standard InChI is InChI=1S/C13H21NOS/c1-5-7-13(16-14-15)11(2,3)10-6-8-12(13,4)9-10/h5,10H,1,6-9H2,2-4H3. The molecular weight excluding hydrogens is 218 g/mol. The van der Waals surface area contributed by atoms with Crippen LogP contribution in [0.25, 0.3) is 0 Å². The van der Waals surface area contributed by atoms with Crippen molar-refractivity contribution in [2.75, 3.05) is 0 Å². The predicted molar refractivity (Wildman–Crippen MR) is 70.2 cm³/mol. The first-order valence-electron chi connectivity index (χ1n) is 6.05. The van der Waals surface area contributed by atoms with Gasteiger partial charge in [-0.2, -0.15) is 0 Å². The molecule has 0 aromatic rings. The first-order chi connectivity index (χ1) is 7.43. The summed E-state index contributed by atoms with van der Waals surface area (Å²) in [6.45, 7) is 10.8. The Bertz CT molecular complexity index is 309. The van der Waals surface area contributed by atoms with Gasteiger partial charge in [-0.25, -0.2) is 0 Å². The molecule has 0 aromatic heterocycles. The normalized spacial score (nSPS) is 44.6. The largest absolute Gasteiger partial charge is 0.137 e.